The number of likely N-dealkylation sites (tertiary alicyclic amines) is 1. The van der Waals surface area contributed by atoms with Crippen molar-refractivity contribution in [3.8, 4) is 5.82 Å². The molecule has 5 heterocycles. The molecule has 0 aliphatic carbocycles. The Bertz CT molecular complexity index is 1470. The topological polar surface area (TPSA) is 62.6 Å². The molecule has 1 aliphatic heterocycles. The molecule has 1 fully saturated rings. The van der Waals surface area contributed by atoms with Crippen molar-refractivity contribution in [3.05, 3.63) is 83.2 Å². The number of rotatable bonds is 4. The molecule has 0 spiro atoms. The van der Waals surface area contributed by atoms with E-state index in [2.05, 4.69) is 33.9 Å². The fraction of sp³-hybridized carbons (Fsp3) is 0.269. The average Bonchev–Trinajstić information content (AvgIpc) is 3.51. The fourth-order valence-electron chi connectivity index (χ4n) is 5.09. The largest absolute Gasteiger partial charge is 0.358 e. The van der Waals surface area contributed by atoms with Gasteiger partial charge in [-0.05, 0) is 81.3 Å². The first-order valence-electron chi connectivity index (χ1n) is 11.4. The van der Waals surface area contributed by atoms with Gasteiger partial charge in [0, 0.05) is 34.7 Å². The smallest absolute Gasteiger partial charge is 0.165 e. The zero-order valence-electron chi connectivity index (χ0n) is 18.7. The van der Waals surface area contributed by atoms with Crippen molar-refractivity contribution in [1.29, 1.82) is 0 Å². The lowest BCUT2D eigenvalue weighted by Gasteiger charge is -2.24. The highest BCUT2D eigenvalue weighted by atomic mass is 19.1. The first-order valence-corrected chi connectivity index (χ1v) is 11.4. The Morgan fingerprint density at radius 1 is 1.09 bits per heavy atom. The normalized spacial score (nSPS) is 16.9. The van der Waals surface area contributed by atoms with E-state index >= 15 is 0 Å². The van der Waals surface area contributed by atoms with Gasteiger partial charge in [0.25, 0.3) is 0 Å². The van der Waals surface area contributed by atoms with E-state index < -0.39 is 0 Å². The number of nitrogens with one attached hydrogen (secondary N) is 1. The quantitative estimate of drug-likeness (QED) is 0.407. The van der Waals surface area contributed by atoms with Crippen LogP contribution in [-0.2, 0) is 6.54 Å². The third-order valence-corrected chi connectivity index (χ3v) is 6.75. The van der Waals surface area contributed by atoms with Gasteiger partial charge in [0.2, 0.25) is 0 Å². The van der Waals surface area contributed by atoms with E-state index in [-0.39, 0.29) is 11.9 Å². The zero-order chi connectivity index (χ0) is 22.5. The number of benzene rings is 1. The standard InChI is InChI=1S/C26H25FN6/c1-16-21(20-14-18(27)8-10-22(20)29-16)15-32-13-5-6-24(32)23-11-9-19-17(2)31-33(26(19)30-23)25-7-3-4-12-28-25/h3-4,7-12,14,24,29H,5-6,13,15H2,1-2H3/t24-/m1/s1. The maximum absolute atomic E-state index is 14.0. The number of hydrogen-bond acceptors (Lipinski definition) is 4. The summed E-state index contributed by atoms with van der Waals surface area (Å²) < 4.78 is 15.8. The Labute approximate surface area is 191 Å². The van der Waals surface area contributed by atoms with Crippen LogP contribution in [0.15, 0.2) is 54.7 Å². The van der Waals surface area contributed by atoms with Gasteiger partial charge in [0.1, 0.15) is 5.82 Å². The van der Waals surface area contributed by atoms with Crippen molar-refractivity contribution in [2.75, 3.05) is 6.54 Å². The molecule has 0 amide bonds. The molecule has 1 aromatic carbocycles. The second-order valence-electron chi connectivity index (χ2n) is 8.84. The lowest BCUT2D eigenvalue weighted by atomic mass is 10.1. The summed E-state index contributed by atoms with van der Waals surface area (Å²) in [5.74, 6) is 0.561. The molecule has 6 nitrogen and oxygen atoms in total. The minimum atomic E-state index is -0.203. The Morgan fingerprint density at radius 3 is 2.85 bits per heavy atom. The van der Waals surface area contributed by atoms with E-state index in [0.29, 0.717) is 0 Å². The van der Waals surface area contributed by atoms with Gasteiger partial charge in [0.05, 0.1) is 17.4 Å². The first-order chi connectivity index (χ1) is 16.1. The number of aryl methyl sites for hydroxylation is 2. The molecule has 166 valence electrons. The number of pyridine rings is 2. The Morgan fingerprint density at radius 2 is 2.00 bits per heavy atom. The summed E-state index contributed by atoms with van der Waals surface area (Å²) in [4.78, 5) is 15.4. The van der Waals surface area contributed by atoms with Crippen molar-refractivity contribution in [2.24, 2.45) is 0 Å². The summed E-state index contributed by atoms with van der Waals surface area (Å²) in [6.07, 6.45) is 3.93. The molecule has 4 aromatic heterocycles. The predicted octanol–water partition coefficient (Wildman–Crippen LogP) is 5.39. The molecule has 7 heteroatoms. The molecule has 5 aromatic rings. The van der Waals surface area contributed by atoms with Gasteiger partial charge in [-0.2, -0.15) is 9.78 Å². The summed E-state index contributed by atoms with van der Waals surface area (Å²) in [5, 5.41) is 6.70. The lowest BCUT2D eigenvalue weighted by molar-refractivity contribution is 0.245. The molecular formula is C26H25FN6. The van der Waals surface area contributed by atoms with Gasteiger partial charge >= 0.3 is 0 Å². The molecule has 1 aliphatic rings. The summed E-state index contributed by atoms with van der Waals surface area (Å²) in [7, 11) is 0. The highest BCUT2D eigenvalue weighted by molar-refractivity contribution is 5.84. The number of hydrogen-bond donors (Lipinski definition) is 1. The predicted molar refractivity (Wildman–Crippen MR) is 127 cm³/mol. The fourth-order valence-corrected chi connectivity index (χ4v) is 5.09. The van der Waals surface area contributed by atoms with Crippen LogP contribution in [0.3, 0.4) is 0 Å². The van der Waals surface area contributed by atoms with Crippen molar-refractivity contribution in [3.63, 3.8) is 0 Å². The molecule has 1 N–H and O–H groups in total. The maximum Gasteiger partial charge on any atom is 0.165 e. The number of aromatic amines is 1. The molecule has 0 radical (unpaired) electrons. The van der Waals surface area contributed by atoms with Crippen LogP contribution in [0.1, 0.15) is 41.5 Å². The van der Waals surface area contributed by atoms with Crippen LogP contribution in [0.5, 0.6) is 0 Å². The van der Waals surface area contributed by atoms with Gasteiger partial charge in [-0.3, -0.25) is 4.90 Å². The Hall–Kier alpha value is -3.58. The van der Waals surface area contributed by atoms with Crippen LogP contribution in [0.4, 0.5) is 4.39 Å². The minimum absolute atomic E-state index is 0.203. The van der Waals surface area contributed by atoms with Crippen molar-refractivity contribution < 1.29 is 4.39 Å². The van der Waals surface area contributed by atoms with Gasteiger partial charge in [0.15, 0.2) is 11.5 Å². The third kappa shape index (κ3) is 3.40. The highest BCUT2D eigenvalue weighted by Crippen LogP contribution is 2.35. The highest BCUT2D eigenvalue weighted by Gasteiger charge is 2.29. The number of H-pyrrole nitrogens is 1. The van der Waals surface area contributed by atoms with E-state index in [1.807, 2.05) is 35.9 Å². The summed E-state index contributed by atoms with van der Waals surface area (Å²) >= 11 is 0. The molecule has 0 unspecified atom stereocenters. The molecule has 33 heavy (non-hydrogen) atoms. The van der Waals surface area contributed by atoms with E-state index in [0.717, 1.165) is 76.3 Å². The lowest BCUT2D eigenvalue weighted by Crippen LogP contribution is -2.23. The van der Waals surface area contributed by atoms with Gasteiger partial charge in [-0.15, -0.1) is 0 Å². The summed E-state index contributed by atoms with van der Waals surface area (Å²) in [6, 6.07) is 15.2. The second-order valence-corrected chi connectivity index (χ2v) is 8.84. The molecule has 1 saturated heterocycles. The van der Waals surface area contributed by atoms with E-state index in [9.17, 15) is 4.39 Å². The SMILES string of the molecule is Cc1[nH]c2ccc(F)cc2c1CN1CCC[C@@H]1c1ccc2c(C)nn(-c3ccccn3)c2n1. The van der Waals surface area contributed by atoms with Crippen molar-refractivity contribution >= 4 is 21.9 Å². The third-order valence-electron chi connectivity index (χ3n) is 6.75. The van der Waals surface area contributed by atoms with Crippen LogP contribution in [0, 0.1) is 19.7 Å². The first kappa shape index (κ1) is 20.1. The minimum Gasteiger partial charge on any atom is -0.358 e. The average molecular weight is 441 g/mol. The zero-order valence-corrected chi connectivity index (χ0v) is 18.7. The van der Waals surface area contributed by atoms with Gasteiger partial charge in [-0.25, -0.2) is 14.4 Å². The number of fused-ring (bicyclic) bond motifs is 2. The number of aromatic nitrogens is 5. The molecule has 0 saturated carbocycles. The van der Waals surface area contributed by atoms with E-state index in [1.165, 1.54) is 6.07 Å². The Balaban J connectivity index is 1.38. The maximum atomic E-state index is 14.0. The monoisotopic (exact) mass is 440 g/mol. The summed E-state index contributed by atoms with van der Waals surface area (Å²) in [5.41, 5.74) is 6.05. The second kappa shape index (κ2) is 7.78. The van der Waals surface area contributed by atoms with Crippen molar-refractivity contribution in [2.45, 2.75) is 39.3 Å². The van der Waals surface area contributed by atoms with Gasteiger partial charge in [-0.1, -0.05) is 6.07 Å². The number of nitrogens with zero attached hydrogens (tertiary/aromatic N) is 5. The van der Waals surface area contributed by atoms with Crippen molar-refractivity contribution in [1.82, 2.24) is 29.6 Å². The molecule has 6 rings (SSSR count). The molecule has 0 bridgehead atoms. The van der Waals surface area contributed by atoms with E-state index in [1.54, 1.807) is 12.3 Å². The van der Waals surface area contributed by atoms with Gasteiger partial charge < -0.3 is 4.98 Å². The van der Waals surface area contributed by atoms with Crippen LogP contribution < -0.4 is 0 Å². The van der Waals surface area contributed by atoms with E-state index in [4.69, 9.17) is 10.1 Å². The van der Waals surface area contributed by atoms with Crippen LogP contribution in [-0.4, -0.2) is 36.2 Å². The summed E-state index contributed by atoms with van der Waals surface area (Å²) in [6.45, 7) is 5.82. The molecular weight excluding hydrogens is 415 g/mol. The Kier molecular flexibility index (Phi) is 4.73. The van der Waals surface area contributed by atoms with Crippen LogP contribution >= 0.6 is 0 Å². The van der Waals surface area contributed by atoms with Crippen LogP contribution in [0.25, 0.3) is 27.8 Å². The van der Waals surface area contributed by atoms with Crippen LogP contribution in [0.2, 0.25) is 0 Å². The number of halogens is 1. The molecule has 1 atom stereocenters.